The largest absolute Gasteiger partial charge is 0.573 e. The fourth-order valence-corrected chi connectivity index (χ4v) is 2.13. The zero-order valence-electron chi connectivity index (χ0n) is 15.0. The number of benzene rings is 1. The molecule has 0 amide bonds. The van der Waals surface area contributed by atoms with Crippen molar-refractivity contribution < 1.29 is 17.9 Å². The first kappa shape index (κ1) is 19.8. The molecule has 0 radical (unpaired) electrons. The van der Waals surface area contributed by atoms with Gasteiger partial charge < -0.3 is 15.4 Å². The predicted octanol–water partition coefficient (Wildman–Crippen LogP) is 3.64. The van der Waals surface area contributed by atoms with Gasteiger partial charge >= 0.3 is 6.36 Å². The van der Waals surface area contributed by atoms with Crippen molar-refractivity contribution in [3.8, 4) is 5.75 Å². The van der Waals surface area contributed by atoms with E-state index < -0.39 is 17.2 Å². The van der Waals surface area contributed by atoms with Crippen LogP contribution in [0.1, 0.15) is 33.3 Å². The Balaban J connectivity index is 2.03. The Kier molecular flexibility index (Phi) is 5.34. The Morgan fingerprint density at radius 2 is 1.54 bits per heavy atom. The fourth-order valence-electron chi connectivity index (χ4n) is 2.13. The first-order valence-corrected chi connectivity index (χ1v) is 8.07. The van der Waals surface area contributed by atoms with Gasteiger partial charge in [0.05, 0.1) is 0 Å². The minimum atomic E-state index is -4.74. The molecule has 1 atom stereocenters. The standard InChI is InChI=1S/C18H21F3N2O3/c1-10(17(2,3)4)23-14-13(15(24)16(14)25)22-9-11-5-7-12(8-6-11)26-18(19,20)21/h5-8,10,22-23H,9H2,1-4H3/t10-/m1/s1. The van der Waals surface area contributed by atoms with Gasteiger partial charge in [0.1, 0.15) is 17.1 Å². The molecule has 0 aliphatic rings. The van der Waals surface area contributed by atoms with Gasteiger partial charge in [0.15, 0.2) is 0 Å². The minimum absolute atomic E-state index is 0.0369. The third-order valence-corrected chi connectivity index (χ3v) is 4.20. The van der Waals surface area contributed by atoms with Gasteiger partial charge in [-0.05, 0) is 30.0 Å². The van der Waals surface area contributed by atoms with E-state index in [0.29, 0.717) is 5.56 Å². The van der Waals surface area contributed by atoms with Crippen LogP contribution in [0.5, 0.6) is 5.75 Å². The SMILES string of the molecule is C[C@@H](Nc1c(NCc2ccc(OC(F)(F)F)cc2)c(=O)c1=O)C(C)(C)C. The van der Waals surface area contributed by atoms with Gasteiger partial charge in [-0.3, -0.25) is 9.59 Å². The maximum atomic E-state index is 12.1. The molecule has 2 N–H and O–H groups in total. The zero-order valence-corrected chi connectivity index (χ0v) is 15.0. The molecule has 5 nitrogen and oxygen atoms in total. The van der Waals surface area contributed by atoms with Crippen LogP contribution in [0.2, 0.25) is 0 Å². The number of halogens is 3. The number of alkyl halides is 3. The van der Waals surface area contributed by atoms with Crippen LogP contribution in [0.4, 0.5) is 24.5 Å². The Morgan fingerprint density at radius 1 is 1.00 bits per heavy atom. The molecular weight excluding hydrogens is 349 g/mol. The summed E-state index contributed by atoms with van der Waals surface area (Å²) in [7, 11) is 0. The van der Waals surface area contributed by atoms with Crippen molar-refractivity contribution in [3.63, 3.8) is 0 Å². The monoisotopic (exact) mass is 370 g/mol. The van der Waals surface area contributed by atoms with Gasteiger partial charge in [0.25, 0.3) is 10.9 Å². The van der Waals surface area contributed by atoms with Crippen molar-refractivity contribution in [2.45, 2.75) is 46.6 Å². The number of rotatable bonds is 6. The molecule has 0 saturated carbocycles. The zero-order chi connectivity index (χ0) is 19.7. The lowest BCUT2D eigenvalue weighted by molar-refractivity contribution is -0.274. The maximum absolute atomic E-state index is 12.1. The molecule has 26 heavy (non-hydrogen) atoms. The lowest BCUT2D eigenvalue weighted by atomic mass is 9.87. The van der Waals surface area contributed by atoms with E-state index in [1.807, 2.05) is 27.7 Å². The van der Waals surface area contributed by atoms with E-state index in [1.54, 1.807) is 0 Å². The normalized spacial score (nSPS) is 13.5. The molecule has 0 fully saturated rings. The van der Waals surface area contributed by atoms with E-state index in [4.69, 9.17) is 0 Å². The second kappa shape index (κ2) is 7.01. The van der Waals surface area contributed by atoms with Crippen LogP contribution in [-0.4, -0.2) is 12.4 Å². The molecule has 0 bridgehead atoms. The van der Waals surface area contributed by atoms with Gasteiger partial charge in [-0.2, -0.15) is 0 Å². The second-order valence-electron chi connectivity index (χ2n) is 7.19. The van der Waals surface area contributed by atoms with E-state index in [1.165, 1.54) is 24.3 Å². The van der Waals surface area contributed by atoms with E-state index in [0.717, 1.165) is 0 Å². The summed E-state index contributed by atoms with van der Waals surface area (Å²) in [6.45, 7) is 8.13. The van der Waals surface area contributed by atoms with E-state index in [2.05, 4.69) is 15.4 Å². The van der Waals surface area contributed by atoms with E-state index >= 15 is 0 Å². The number of hydrogen-bond acceptors (Lipinski definition) is 5. The fraction of sp³-hybridized carbons (Fsp3) is 0.444. The summed E-state index contributed by atoms with van der Waals surface area (Å²) < 4.78 is 40.2. The van der Waals surface area contributed by atoms with E-state index in [-0.39, 0.29) is 35.1 Å². The average Bonchev–Trinajstić information content (AvgIpc) is 2.52. The van der Waals surface area contributed by atoms with Crippen LogP contribution in [0, 0.1) is 5.41 Å². The first-order valence-electron chi connectivity index (χ1n) is 8.07. The van der Waals surface area contributed by atoms with Crippen molar-refractivity contribution in [3.05, 3.63) is 50.3 Å². The molecule has 2 aromatic rings. The Bertz CT molecular complexity index is 829. The van der Waals surface area contributed by atoms with Crippen molar-refractivity contribution >= 4 is 11.4 Å². The first-order chi connectivity index (χ1) is 11.9. The Labute approximate surface area is 148 Å². The van der Waals surface area contributed by atoms with Crippen LogP contribution in [0.25, 0.3) is 0 Å². The Hall–Kier alpha value is -2.51. The van der Waals surface area contributed by atoms with Crippen LogP contribution in [0.3, 0.4) is 0 Å². The third-order valence-electron chi connectivity index (χ3n) is 4.20. The number of hydrogen-bond donors (Lipinski definition) is 2. The molecule has 2 rings (SSSR count). The molecule has 8 heteroatoms. The molecule has 0 heterocycles. The summed E-state index contributed by atoms with van der Waals surface area (Å²) in [5.41, 5.74) is -0.201. The van der Waals surface area contributed by atoms with Crippen LogP contribution < -0.4 is 26.2 Å². The smallest absolute Gasteiger partial charge is 0.406 e. The third kappa shape index (κ3) is 4.77. The summed E-state index contributed by atoms with van der Waals surface area (Å²) in [5, 5.41) is 5.93. The molecule has 2 aromatic carbocycles. The molecule has 0 saturated heterocycles. The molecule has 0 aliphatic heterocycles. The average molecular weight is 370 g/mol. The molecule has 0 aromatic heterocycles. The minimum Gasteiger partial charge on any atom is -0.406 e. The highest BCUT2D eigenvalue weighted by Crippen LogP contribution is 2.26. The van der Waals surface area contributed by atoms with Crippen LogP contribution in [0.15, 0.2) is 33.9 Å². The highest BCUT2D eigenvalue weighted by molar-refractivity contribution is 5.74. The lowest BCUT2D eigenvalue weighted by Gasteiger charge is -2.30. The summed E-state index contributed by atoms with van der Waals surface area (Å²) in [4.78, 5) is 23.6. The number of nitrogens with one attached hydrogen (secondary N) is 2. The summed E-state index contributed by atoms with van der Waals surface area (Å²) in [6, 6.07) is 5.24. The lowest BCUT2D eigenvalue weighted by Crippen LogP contribution is -2.41. The van der Waals surface area contributed by atoms with Crippen molar-refractivity contribution in [1.82, 2.24) is 0 Å². The van der Waals surface area contributed by atoms with Crippen molar-refractivity contribution in [1.29, 1.82) is 0 Å². The van der Waals surface area contributed by atoms with Crippen molar-refractivity contribution in [2.75, 3.05) is 10.6 Å². The maximum Gasteiger partial charge on any atom is 0.573 e. The van der Waals surface area contributed by atoms with Gasteiger partial charge in [-0.1, -0.05) is 32.9 Å². The van der Waals surface area contributed by atoms with Gasteiger partial charge in [-0.25, -0.2) is 0 Å². The molecule has 142 valence electrons. The van der Waals surface area contributed by atoms with Crippen LogP contribution in [-0.2, 0) is 6.54 Å². The quantitative estimate of drug-likeness (QED) is 0.760. The molecule has 0 spiro atoms. The topological polar surface area (TPSA) is 67.4 Å². The number of ether oxygens (including phenoxy) is 1. The summed E-state index contributed by atoms with van der Waals surface area (Å²) >= 11 is 0. The molecule has 0 aliphatic carbocycles. The van der Waals surface area contributed by atoms with Gasteiger partial charge in [-0.15, -0.1) is 13.2 Å². The van der Waals surface area contributed by atoms with Crippen LogP contribution >= 0.6 is 0 Å². The predicted molar refractivity (Wildman–Crippen MR) is 94.3 cm³/mol. The molecule has 0 unspecified atom stereocenters. The Morgan fingerprint density at radius 3 is 2.04 bits per heavy atom. The number of anilines is 2. The molecular formula is C18H21F3N2O3. The van der Waals surface area contributed by atoms with Crippen molar-refractivity contribution in [2.24, 2.45) is 5.41 Å². The van der Waals surface area contributed by atoms with Gasteiger partial charge in [0.2, 0.25) is 0 Å². The summed E-state index contributed by atoms with van der Waals surface area (Å²) in [5.74, 6) is -0.322. The van der Waals surface area contributed by atoms with E-state index in [9.17, 15) is 22.8 Å². The second-order valence-corrected chi connectivity index (χ2v) is 7.19. The highest BCUT2D eigenvalue weighted by Gasteiger charge is 2.31. The highest BCUT2D eigenvalue weighted by atomic mass is 19.4. The summed E-state index contributed by atoms with van der Waals surface area (Å²) in [6.07, 6.45) is -4.74. The van der Waals surface area contributed by atoms with Gasteiger partial charge in [0, 0.05) is 12.6 Å².